The molecule has 0 aromatic carbocycles. The number of hydrogen-bond acceptors (Lipinski definition) is 4. The molecule has 0 bridgehead atoms. The van der Waals surface area contributed by atoms with Crippen LogP contribution in [-0.2, 0) is 0 Å². The molecule has 2 nitrogen and oxygen atoms in total. The molecule has 0 atom stereocenters. The molecule has 1 aliphatic rings. The normalized spacial score (nSPS) is 20.4. The molecule has 0 aromatic heterocycles. The molecule has 1 rings (SSSR count). The second kappa shape index (κ2) is 7.87. The van der Waals surface area contributed by atoms with Crippen molar-refractivity contribution in [3.63, 3.8) is 0 Å². The van der Waals surface area contributed by atoms with Crippen molar-refractivity contribution in [2.45, 2.75) is 30.9 Å². The quantitative estimate of drug-likeness (QED) is 0.575. The second-order valence-electron chi connectivity index (χ2n) is 4.45. The van der Waals surface area contributed by atoms with Gasteiger partial charge in [-0.15, -0.1) is 0 Å². The Morgan fingerprint density at radius 2 is 2.06 bits per heavy atom. The SMILES string of the molecule is CCSCCCN1CCC(SC)(C(N)=S)CC1. The molecule has 100 valence electrons. The Morgan fingerprint density at radius 3 is 2.53 bits per heavy atom. The summed E-state index contributed by atoms with van der Waals surface area (Å²) in [4.78, 5) is 3.26. The average Bonchev–Trinajstić information content (AvgIpc) is 2.35. The van der Waals surface area contributed by atoms with E-state index in [0.29, 0.717) is 4.99 Å². The molecule has 1 aliphatic heterocycles. The van der Waals surface area contributed by atoms with Crippen LogP contribution < -0.4 is 5.73 Å². The van der Waals surface area contributed by atoms with Gasteiger partial charge in [-0.1, -0.05) is 19.1 Å². The van der Waals surface area contributed by atoms with E-state index >= 15 is 0 Å². The molecule has 0 unspecified atom stereocenters. The fourth-order valence-corrected chi connectivity index (χ4v) is 4.09. The van der Waals surface area contributed by atoms with Gasteiger partial charge in [-0.05, 0) is 56.7 Å². The zero-order valence-corrected chi connectivity index (χ0v) is 13.4. The molecule has 5 heteroatoms. The highest BCUT2D eigenvalue weighted by atomic mass is 32.2. The lowest BCUT2D eigenvalue weighted by Crippen LogP contribution is -2.49. The summed E-state index contributed by atoms with van der Waals surface area (Å²) in [6.45, 7) is 5.75. The largest absolute Gasteiger partial charge is 0.392 e. The van der Waals surface area contributed by atoms with Crippen LogP contribution in [0.25, 0.3) is 0 Å². The summed E-state index contributed by atoms with van der Waals surface area (Å²) in [6.07, 6.45) is 5.67. The van der Waals surface area contributed by atoms with E-state index in [1.54, 1.807) is 0 Å². The number of nitrogens with two attached hydrogens (primary N) is 1. The number of hydrogen-bond donors (Lipinski definition) is 1. The van der Waals surface area contributed by atoms with E-state index in [0.717, 1.165) is 25.9 Å². The summed E-state index contributed by atoms with van der Waals surface area (Å²) in [7, 11) is 0. The fraction of sp³-hybridized carbons (Fsp3) is 0.917. The summed E-state index contributed by atoms with van der Waals surface area (Å²) in [5.74, 6) is 2.52. The molecule has 17 heavy (non-hydrogen) atoms. The highest BCUT2D eigenvalue weighted by molar-refractivity contribution is 8.02. The van der Waals surface area contributed by atoms with Crippen molar-refractivity contribution >= 4 is 40.7 Å². The summed E-state index contributed by atoms with van der Waals surface area (Å²) in [5.41, 5.74) is 5.89. The summed E-state index contributed by atoms with van der Waals surface area (Å²) < 4.78 is 0.0734. The molecular formula is C12H24N2S3. The van der Waals surface area contributed by atoms with Crippen molar-refractivity contribution in [1.82, 2.24) is 4.90 Å². The van der Waals surface area contributed by atoms with E-state index in [9.17, 15) is 0 Å². The van der Waals surface area contributed by atoms with E-state index < -0.39 is 0 Å². The van der Waals surface area contributed by atoms with Gasteiger partial charge >= 0.3 is 0 Å². The number of nitrogens with zero attached hydrogens (tertiary/aromatic N) is 1. The van der Waals surface area contributed by atoms with Crippen molar-refractivity contribution < 1.29 is 0 Å². The topological polar surface area (TPSA) is 29.3 Å². The average molecular weight is 293 g/mol. The van der Waals surface area contributed by atoms with Crippen LogP contribution in [-0.4, -0.2) is 52.0 Å². The minimum Gasteiger partial charge on any atom is -0.392 e. The van der Waals surface area contributed by atoms with Gasteiger partial charge < -0.3 is 10.6 Å². The Hall–Kier alpha value is 0.550. The van der Waals surface area contributed by atoms with Crippen molar-refractivity contribution in [2.24, 2.45) is 5.73 Å². The maximum absolute atomic E-state index is 5.89. The number of thioether (sulfide) groups is 2. The van der Waals surface area contributed by atoms with E-state index in [2.05, 4.69) is 18.1 Å². The van der Waals surface area contributed by atoms with E-state index in [-0.39, 0.29) is 4.75 Å². The Kier molecular flexibility index (Phi) is 7.22. The smallest absolute Gasteiger partial charge is 0.0891 e. The van der Waals surface area contributed by atoms with Crippen LogP contribution in [0.3, 0.4) is 0 Å². The van der Waals surface area contributed by atoms with Gasteiger partial charge in [-0.2, -0.15) is 23.5 Å². The Morgan fingerprint density at radius 1 is 1.41 bits per heavy atom. The molecule has 0 aliphatic carbocycles. The van der Waals surface area contributed by atoms with Gasteiger partial charge in [-0.25, -0.2) is 0 Å². The van der Waals surface area contributed by atoms with Gasteiger partial charge in [0.15, 0.2) is 0 Å². The van der Waals surface area contributed by atoms with E-state index in [4.69, 9.17) is 18.0 Å². The third-order valence-corrected chi connectivity index (χ3v) is 6.39. The number of piperidine rings is 1. The third kappa shape index (κ3) is 4.62. The zero-order valence-electron chi connectivity index (χ0n) is 10.9. The van der Waals surface area contributed by atoms with Crippen molar-refractivity contribution in [2.75, 3.05) is 37.4 Å². The van der Waals surface area contributed by atoms with Crippen LogP contribution in [0.4, 0.5) is 0 Å². The van der Waals surface area contributed by atoms with Gasteiger partial charge in [-0.3, -0.25) is 0 Å². The fourth-order valence-electron chi connectivity index (χ4n) is 2.22. The van der Waals surface area contributed by atoms with E-state index in [1.807, 2.05) is 23.5 Å². The monoisotopic (exact) mass is 292 g/mol. The molecule has 0 spiro atoms. The van der Waals surface area contributed by atoms with E-state index in [1.165, 1.54) is 24.5 Å². The van der Waals surface area contributed by atoms with Crippen LogP contribution in [0.1, 0.15) is 26.2 Å². The van der Waals surface area contributed by atoms with Crippen molar-refractivity contribution in [3.05, 3.63) is 0 Å². The third-order valence-electron chi connectivity index (χ3n) is 3.47. The lowest BCUT2D eigenvalue weighted by molar-refractivity contribution is 0.221. The number of thiocarbonyl (C=S) groups is 1. The maximum atomic E-state index is 5.89. The summed E-state index contributed by atoms with van der Waals surface area (Å²) in [5, 5.41) is 0. The van der Waals surface area contributed by atoms with Gasteiger partial charge in [0, 0.05) is 0 Å². The maximum Gasteiger partial charge on any atom is 0.0891 e. The lowest BCUT2D eigenvalue weighted by atomic mass is 9.95. The molecule has 1 heterocycles. The number of likely N-dealkylation sites (tertiary alicyclic amines) is 1. The predicted octanol–water partition coefficient (Wildman–Crippen LogP) is 2.61. The first-order valence-electron chi connectivity index (χ1n) is 6.30. The van der Waals surface area contributed by atoms with Gasteiger partial charge in [0.25, 0.3) is 0 Å². The first-order valence-corrected chi connectivity index (χ1v) is 9.08. The molecule has 0 radical (unpaired) electrons. The summed E-state index contributed by atoms with van der Waals surface area (Å²) in [6, 6.07) is 0. The summed E-state index contributed by atoms with van der Waals surface area (Å²) >= 11 is 9.10. The highest BCUT2D eigenvalue weighted by Gasteiger charge is 2.36. The Labute approximate surface area is 119 Å². The molecule has 0 aromatic rings. The van der Waals surface area contributed by atoms with Crippen LogP contribution >= 0.6 is 35.7 Å². The van der Waals surface area contributed by atoms with Crippen LogP contribution in [0, 0.1) is 0 Å². The Balaban J connectivity index is 2.27. The molecular weight excluding hydrogens is 268 g/mol. The predicted molar refractivity (Wildman–Crippen MR) is 86.3 cm³/mol. The van der Waals surface area contributed by atoms with Crippen LogP contribution in [0.5, 0.6) is 0 Å². The molecule has 0 saturated carbocycles. The number of rotatable bonds is 7. The van der Waals surface area contributed by atoms with Gasteiger partial charge in [0.05, 0.1) is 9.74 Å². The first-order chi connectivity index (χ1) is 8.14. The second-order valence-corrected chi connectivity index (χ2v) is 7.48. The minimum atomic E-state index is 0.0734. The molecule has 2 N–H and O–H groups in total. The zero-order chi connectivity index (χ0) is 12.7. The standard InChI is InChI=1S/C12H24N2S3/c1-3-17-10-4-7-14-8-5-12(16-2,6-9-14)11(13)15/h3-10H2,1-2H3,(H2,13,15). The lowest BCUT2D eigenvalue weighted by Gasteiger charge is -2.40. The van der Waals surface area contributed by atoms with Crippen LogP contribution in [0.2, 0.25) is 0 Å². The first kappa shape index (κ1) is 15.6. The molecule has 1 saturated heterocycles. The van der Waals surface area contributed by atoms with Crippen molar-refractivity contribution in [1.29, 1.82) is 0 Å². The molecule has 1 fully saturated rings. The van der Waals surface area contributed by atoms with Gasteiger partial charge in [0.2, 0.25) is 0 Å². The Bertz CT molecular complexity index is 238. The molecule has 0 amide bonds. The highest BCUT2D eigenvalue weighted by Crippen LogP contribution is 2.34. The van der Waals surface area contributed by atoms with Crippen molar-refractivity contribution in [3.8, 4) is 0 Å². The van der Waals surface area contributed by atoms with Crippen LogP contribution in [0.15, 0.2) is 0 Å². The van der Waals surface area contributed by atoms with Gasteiger partial charge in [0.1, 0.15) is 0 Å². The minimum absolute atomic E-state index is 0.0734.